The molecule has 0 unspecified atom stereocenters. The zero-order chi connectivity index (χ0) is 14.7. The Morgan fingerprint density at radius 1 is 1.35 bits per heavy atom. The summed E-state index contributed by atoms with van der Waals surface area (Å²) in [7, 11) is 0. The first-order valence-corrected chi connectivity index (χ1v) is 8.58. The molecule has 0 fully saturated rings. The van der Waals surface area contributed by atoms with Crippen molar-refractivity contribution in [2.75, 3.05) is 6.54 Å². The molecule has 3 nitrogen and oxygen atoms in total. The lowest BCUT2D eigenvalue weighted by atomic mass is 10.1. The standard InChI is InChI=1S/C15H22BrN3S/c1-10(2)17-8-7-14-11(3)18-19(12(14)4)9-13-5-6-15(16)20-13/h5-6,10,17H,7-9H2,1-4H3. The average Bonchev–Trinajstić information content (AvgIpc) is 2.88. The minimum Gasteiger partial charge on any atom is -0.314 e. The van der Waals surface area contributed by atoms with E-state index in [9.17, 15) is 0 Å². The van der Waals surface area contributed by atoms with E-state index in [4.69, 9.17) is 5.10 Å². The lowest BCUT2D eigenvalue weighted by Crippen LogP contribution is -2.25. The molecular formula is C15H22BrN3S. The highest BCUT2D eigenvalue weighted by atomic mass is 79.9. The lowest BCUT2D eigenvalue weighted by Gasteiger charge is -2.08. The number of aromatic nitrogens is 2. The maximum Gasteiger partial charge on any atom is 0.0755 e. The molecule has 1 N–H and O–H groups in total. The van der Waals surface area contributed by atoms with Gasteiger partial charge >= 0.3 is 0 Å². The van der Waals surface area contributed by atoms with Crippen LogP contribution < -0.4 is 5.32 Å². The summed E-state index contributed by atoms with van der Waals surface area (Å²) in [5.74, 6) is 0. The largest absolute Gasteiger partial charge is 0.314 e. The van der Waals surface area contributed by atoms with Gasteiger partial charge in [0.25, 0.3) is 0 Å². The number of nitrogens with zero attached hydrogens (tertiary/aromatic N) is 2. The molecule has 0 bridgehead atoms. The first kappa shape index (κ1) is 15.7. The Kier molecular flexibility index (Phi) is 5.41. The van der Waals surface area contributed by atoms with Crippen molar-refractivity contribution in [2.45, 2.75) is 46.7 Å². The predicted octanol–water partition coefficient (Wildman–Crippen LogP) is 3.91. The summed E-state index contributed by atoms with van der Waals surface area (Å²) in [6.45, 7) is 10.5. The Morgan fingerprint density at radius 3 is 2.70 bits per heavy atom. The smallest absolute Gasteiger partial charge is 0.0755 e. The molecule has 0 atom stereocenters. The van der Waals surface area contributed by atoms with Crippen LogP contribution in [-0.4, -0.2) is 22.4 Å². The van der Waals surface area contributed by atoms with Gasteiger partial charge in [0.15, 0.2) is 0 Å². The normalized spacial score (nSPS) is 11.5. The Hall–Kier alpha value is -0.650. The van der Waals surface area contributed by atoms with Gasteiger partial charge in [-0.3, -0.25) is 4.68 Å². The molecule has 2 heterocycles. The fourth-order valence-corrected chi connectivity index (χ4v) is 3.79. The number of hydrogen-bond donors (Lipinski definition) is 1. The van der Waals surface area contributed by atoms with Gasteiger partial charge in [-0.05, 0) is 60.4 Å². The molecule has 0 aliphatic heterocycles. The van der Waals surface area contributed by atoms with Crippen LogP contribution in [0, 0.1) is 13.8 Å². The maximum absolute atomic E-state index is 4.69. The molecule has 0 aliphatic carbocycles. The third-order valence-electron chi connectivity index (χ3n) is 3.39. The first-order valence-electron chi connectivity index (χ1n) is 6.98. The van der Waals surface area contributed by atoms with Crippen molar-refractivity contribution in [3.8, 4) is 0 Å². The van der Waals surface area contributed by atoms with E-state index in [1.54, 1.807) is 11.3 Å². The highest BCUT2D eigenvalue weighted by molar-refractivity contribution is 9.11. The van der Waals surface area contributed by atoms with E-state index in [0.717, 1.165) is 25.2 Å². The minimum atomic E-state index is 0.536. The SMILES string of the molecule is Cc1nn(Cc2ccc(Br)s2)c(C)c1CCNC(C)C. The van der Waals surface area contributed by atoms with Gasteiger partial charge < -0.3 is 5.32 Å². The van der Waals surface area contributed by atoms with Crippen molar-refractivity contribution < 1.29 is 0 Å². The summed E-state index contributed by atoms with van der Waals surface area (Å²) >= 11 is 5.28. The summed E-state index contributed by atoms with van der Waals surface area (Å²) < 4.78 is 3.30. The third kappa shape index (κ3) is 3.93. The van der Waals surface area contributed by atoms with Gasteiger partial charge in [-0.1, -0.05) is 13.8 Å². The van der Waals surface area contributed by atoms with Crippen LogP contribution in [0.4, 0.5) is 0 Å². The average molecular weight is 356 g/mol. The fourth-order valence-electron chi connectivity index (χ4n) is 2.32. The number of rotatable bonds is 6. The Balaban J connectivity index is 2.08. The first-order chi connectivity index (χ1) is 9.47. The van der Waals surface area contributed by atoms with Gasteiger partial charge in [-0.25, -0.2) is 0 Å². The quantitative estimate of drug-likeness (QED) is 0.850. The number of thiophene rings is 1. The fraction of sp³-hybridized carbons (Fsp3) is 0.533. The van der Waals surface area contributed by atoms with Crippen molar-refractivity contribution in [3.05, 3.63) is 37.7 Å². The lowest BCUT2D eigenvalue weighted by molar-refractivity contribution is 0.588. The number of aryl methyl sites for hydroxylation is 1. The van der Waals surface area contributed by atoms with Crippen LogP contribution in [-0.2, 0) is 13.0 Å². The second-order valence-corrected chi connectivity index (χ2v) is 7.92. The molecule has 2 aromatic rings. The Morgan fingerprint density at radius 2 is 2.10 bits per heavy atom. The molecule has 0 amide bonds. The molecule has 0 saturated carbocycles. The van der Waals surface area contributed by atoms with Crippen LogP contribution in [0.5, 0.6) is 0 Å². The van der Waals surface area contributed by atoms with E-state index in [0.29, 0.717) is 6.04 Å². The maximum atomic E-state index is 4.69. The highest BCUT2D eigenvalue weighted by Crippen LogP contribution is 2.24. The third-order valence-corrected chi connectivity index (χ3v) is 5.00. The van der Waals surface area contributed by atoms with Gasteiger partial charge in [-0.2, -0.15) is 5.10 Å². The number of hydrogen-bond acceptors (Lipinski definition) is 3. The molecule has 110 valence electrons. The second-order valence-electron chi connectivity index (χ2n) is 5.37. The zero-order valence-corrected chi connectivity index (χ0v) is 14.9. The van der Waals surface area contributed by atoms with Gasteiger partial charge in [0.2, 0.25) is 0 Å². The highest BCUT2D eigenvalue weighted by Gasteiger charge is 2.12. The van der Waals surface area contributed by atoms with Crippen molar-refractivity contribution >= 4 is 27.3 Å². The Bertz CT molecular complexity index is 572. The van der Waals surface area contributed by atoms with Crippen molar-refractivity contribution in [3.63, 3.8) is 0 Å². The van der Waals surface area contributed by atoms with Crippen LogP contribution in [0.1, 0.15) is 35.7 Å². The van der Waals surface area contributed by atoms with Crippen molar-refractivity contribution in [1.29, 1.82) is 0 Å². The van der Waals surface area contributed by atoms with Crippen molar-refractivity contribution in [2.24, 2.45) is 0 Å². The second kappa shape index (κ2) is 6.87. The van der Waals surface area contributed by atoms with Crippen LogP contribution >= 0.6 is 27.3 Å². The van der Waals surface area contributed by atoms with Crippen molar-refractivity contribution in [1.82, 2.24) is 15.1 Å². The van der Waals surface area contributed by atoms with Crippen LogP contribution in [0.25, 0.3) is 0 Å². The van der Waals surface area contributed by atoms with Gasteiger partial charge in [0.1, 0.15) is 0 Å². The minimum absolute atomic E-state index is 0.536. The van der Waals surface area contributed by atoms with Gasteiger partial charge in [0, 0.05) is 16.6 Å². The van der Waals surface area contributed by atoms with E-state index in [2.05, 4.69) is 65.8 Å². The molecule has 0 spiro atoms. The molecule has 2 aromatic heterocycles. The van der Waals surface area contributed by atoms with E-state index in [-0.39, 0.29) is 0 Å². The monoisotopic (exact) mass is 355 g/mol. The summed E-state index contributed by atoms with van der Waals surface area (Å²) in [4.78, 5) is 1.33. The Labute approximate surface area is 133 Å². The topological polar surface area (TPSA) is 29.9 Å². The molecule has 20 heavy (non-hydrogen) atoms. The number of halogens is 1. The van der Waals surface area contributed by atoms with Crippen LogP contribution in [0.3, 0.4) is 0 Å². The molecule has 0 saturated heterocycles. The number of nitrogens with one attached hydrogen (secondary N) is 1. The molecular weight excluding hydrogens is 334 g/mol. The molecule has 0 aliphatic rings. The van der Waals surface area contributed by atoms with E-state index < -0.39 is 0 Å². The molecule has 5 heteroatoms. The zero-order valence-electron chi connectivity index (χ0n) is 12.5. The summed E-state index contributed by atoms with van der Waals surface area (Å²) in [5, 5.41) is 8.16. The predicted molar refractivity (Wildman–Crippen MR) is 89.7 cm³/mol. The van der Waals surface area contributed by atoms with E-state index in [1.165, 1.54) is 19.9 Å². The summed E-state index contributed by atoms with van der Waals surface area (Å²) in [6.07, 6.45) is 1.05. The summed E-state index contributed by atoms with van der Waals surface area (Å²) in [5.41, 5.74) is 3.83. The van der Waals surface area contributed by atoms with E-state index in [1.807, 2.05) is 0 Å². The van der Waals surface area contributed by atoms with Crippen LogP contribution in [0.15, 0.2) is 15.9 Å². The molecule has 2 rings (SSSR count). The van der Waals surface area contributed by atoms with Crippen LogP contribution in [0.2, 0.25) is 0 Å². The summed E-state index contributed by atoms with van der Waals surface area (Å²) in [6, 6.07) is 4.79. The van der Waals surface area contributed by atoms with Gasteiger partial charge in [0.05, 0.1) is 16.0 Å². The van der Waals surface area contributed by atoms with E-state index >= 15 is 0 Å². The van der Waals surface area contributed by atoms with Gasteiger partial charge in [-0.15, -0.1) is 11.3 Å². The molecule has 0 radical (unpaired) electrons. The molecule has 0 aromatic carbocycles.